The Bertz CT molecular complexity index is 452. The normalized spacial score (nSPS) is 15.0. The number of amides is 1. The lowest BCUT2D eigenvalue weighted by atomic mass is 10.1. The minimum Gasteiger partial charge on any atom is -0.395 e. The first-order chi connectivity index (χ1) is 9.02. The van der Waals surface area contributed by atoms with E-state index in [1.54, 1.807) is 4.90 Å². The summed E-state index contributed by atoms with van der Waals surface area (Å²) in [6, 6.07) is 0.328. The highest BCUT2D eigenvalue weighted by atomic mass is 32.1. The van der Waals surface area contributed by atoms with Crippen molar-refractivity contribution in [3.05, 3.63) is 15.6 Å². The van der Waals surface area contributed by atoms with Gasteiger partial charge >= 0.3 is 0 Å². The zero-order chi connectivity index (χ0) is 14.0. The van der Waals surface area contributed by atoms with Crippen molar-refractivity contribution in [2.24, 2.45) is 5.92 Å². The molecule has 1 fully saturated rings. The molecule has 1 aromatic rings. The summed E-state index contributed by atoms with van der Waals surface area (Å²) in [5.74, 6) is 0.590. The molecule has 0 unspecified atom stereocenters. The molecule has 1 saturated carbocycles. The van der Waals surface area contributed by atoms with Gasteiger partial charge in [0.2, 0.25) is 0 Å². The molecule has 0 bridgehead atoms. The zero-order valence-electron chi connectivity index (χ0n) is 11.8. The van der Waals surface area contributed by atoms with Crippen LogP contribution in [0.3, 0.4) is 0 Å². The third kappa shape index (κ3) is 3.54. The molecule has 0 aliphatic heterocycles. The van der Waals surface area contributed by atoms with Crippen LogP contribution in [0.1, 0.15) is 47.1 Å². The van der Waals surface area contributed by atoms with Gasteiger partial charge in [0.1, 0.15) is 4.88 Å². The molecule has 2 rings (SSSR count). The second-order valence-electron chi connectivity index (χ2n) is 5.57. The van der Waals surface area contributed by atoms with E-state index in [4.69, 9.17) is 5.11 Å². The van der Waals surface area contributed by atoms with Crippen LogP contribution >= 0.6 is 11.3 Å². The van der Waals surface area contributed by atoms with Gasteiger partial charge in [0.15, 0.2) is 0 Å². The Balaban J connectivity index is 2.15. The lowest BCUT2D eigenvalue weighted by molar-refractivity contribution is 0.0711. The van der Waals surface area contributed by atoms with Gasteiger partial charge in [0.05, 0.1) is 17.3 Å². The molecule has 1 aliphatic rings. The third-order valence-electron chi connectivity index (χ3n) is 3.21. The number of aromatic nitrogens is 1. The Hall–Kier alpha value is -0.940. The molecule has 0 spiro atoms. The molecule has 0 aromatic carbocycles. The van der Waals surface area contributed by atoms with E-state index in [0.717, 1.165) is 34.8 Å². The van der Waals surface area contributed by atoms with Crippen LogP contribution in [0.15, 0.2) is 0 Å². The highest BCUT2D eigenvalue weighted by Gasteiger charge is 2.34. The summed E-state index contributed by atoms with van der Waals surface area (Å²) in [5, 5.41) is 10.1. The summed E-state index contributed by atoms with van der Waals surface area (Å²) in [7, 11) is 0. The largest absolute Gasteiger partial charge is 0.395 e. The van der Waals surface area contributed by atoms with Gasteiger partial charge in [0, 0.05) is 19.0 Å². The highest BCUT2D eigenvalue weighted by molar-refractivity contribution is 7.13. The molecule has 0 radical (unpaired) electrons. The van der Waals surface area contributed by atoms with Crippen molar-refractivity contribution in [1.29, 1.82) is 0 Å². The minimum absolute atomic E-state index is 0.0267. The molecule has 1 heterocycles. The topological polar surface area (TPSA) is 53.4 Å². The van der Waals surface area contributed by atoms with E-state index in [1.165, 1.54) is 11.3 Å². The summed E-state index contributed by atoms with van der Waals surface area (Å²) in [4.78, 5) is 19.6. The fraction of sp³-hybridized carbons (Fsp3) is 0.714. The van der Waals surface area contributed by atoms with Crippen molar-refractivity contribution in [3.63, 3.8) is 0 Å². The van der Waals surface area contributed by atoms with E-state index in [0.29, 0.717) is 18.5 Å². The van der Waals surface area contributed by atoms with Crippen LogP contribution in [0.2, 0.25) is 0 Å². The van der Waals surface area contributed by atoms with E-state index in [9.17, 15) is 4.79 Å². The summed E-state index contributed by atoms with van der Waals surface area (Å²) >= 11 is 1.51. The zero-order valence-corrected chi connectivity index (χ0v) is 12.7. The van der Waals surface area contributed by atoms with Gasteiger partial charge < -0.3 is 10.0 Å². The molecule has 1 amide bonds. The maximum Gasteiger partial charge on any atom is 0.266 e. The van der Waals surface area contributed by atoms with Crippen molar-refractivity contribution >= 4 is 17.2 Å². The molecule has 1 aliphatic carbocycles. The van der Waals surface area contributed by atoms with Crippen LogP contribution in [0.5, 0.6) is 0 Å². The standard InChI is InChI=1S/C14H22N2O2S/c1-9(2)8-12-15-10(3)13(19-12)14(18)16(6-7-17)11-4-5-11/h9,11,17H,4-8H2,1-3H3. The third-order valence-corrected chi connectivity index (χ3v) is 4.38. The molecule has 1 N–H and O–H groups in total. The Morgan fingerprint density at radius 1 is 1.53 bits per heavy atom. The van der Waals surface area contributed by atoms with Crippen LogP contribution in [0.25, 0.3) is 0 Å². The van der Waals surface area contributed by atoms with Gasteiger partial charge in [0.25, 0.3) is 5.91 Å². The summed E-state index contributed by atoms with van der Waals surface area (Å²) in [6.07, 6.45) is 3.03. The Kier molecular flexibility index (Phi) is 4.58. The Morgan fingerprint density at radius 3 is 2.74 bits per heavy atom. The van der Waals surface area contributed by atoms with E-state index in [-0.39, 0.29) is 12.5 Å². The molecule has 19 heavy (non-hydrogen) atoms. The number of carbonyl (C=O) groups excluding carboxylic acids is 1. The van der Waals surface area contributed by atoms with Crippen molar-refractivity contribution in [2.45, 2.75) is 46.1 Å². The van der Waals surface area contributed by atoms with E-state index >= 15 is 0 Å². The van der Waals surface area contributed by atoms with Crippen LogP contribution in [-0.2, 0) is 6.42 Å². The van der Waals surface area contributed by atoms with Crippen molar-refractivity contribution < 1.29 is 9.90 Å². The van der Waals surface area contributed by atoms with Crippen molar-refractivity contribution in [1.82, 2.24) is 9.88 Å². The fourth-order valence-electron chi connectivity index (χ4n) is 2.16. The second-order valence-corrected chi connectivity index (χ2v) is 6.66. The number of aliphatic hydroxyl groups excluding tert-OH is 1. The van der Waals surface area contributed by atoms with E-state index in [1.807, 2.05) is 6.92 Å². The lowest BCUT2D eigenvalue weighted by Crippen LogP contribution is -2.35. The Labute approximate surface area is 118 Å². The van der Waals surface area contributed by atoms with Crippen LogP contribution in [0.4, 0.5) is 0 Å². The number of aliphatic hydroxyl groups is 1. The number of hydrogen-bond acceptors (Lipinski definition) is 4. The van der Waals surface area contributed by atoms with Gasteiger partial charge in [-0.15, -0.1) is 11.3 Å². The fourth-order valence-corrected chi connectivity index (χ4v) is 3.39. The molecule has 0 atom stereocenters. The van der Waals surface area contributed by atoms with Crippen molar-refractivity contribution in [2.75, 3.05) is 13.2 Å². The average molecular weight is 282 g/mol. The molecular weight excluding hydrogens is 260 g/mol. The minimum atomic E-state index is 0.0267. The van der Waals surface area contributed by atoms with E-state index in [2.05, 4.69) is 18.8 Å². The number of nitrogens with zero attached hydrogens (tertiary/aromatic N) is 2. The highest BCUT2D eigenvalue weighted by Crippen LogP contribution is 2.30. The first-order valence-electron chi connectivity index (χ1n) is 6.91. The maximum absolute atomic E-state index is 12.5. The smallest absolute Gasteiger partial charge is 0.266 e. The molecule has 0 saturated heterocycles. The predicted octanol–water partition coefficient (Wildman–Crippen LogP) is 2.25. The molecule has 4 nitrogen and oxygen atoms in total. The summed E-state index contributed by atoms with van der Waals surface area (Å²) in [6.45, 7) is 6.66. The predicted molar refractivity (Wildman–Crippen MR) is 76.5 cm³/mol. The van der Waals surface area contributed by atoms with Gasteiger partial charge in [-0.2, -0.15) is 0 Å². The van der Waals surface area contributed by atoms with Gasteiger partial charge in [-0.05, 0) is 25.7 Å². The molecule has 5 heteroatoms. The lowest BCUT2D eigenvalue weighted by Gasteiger charge is -2.20. The summed E-state index contributed by atoms with van der Waals surface area (Å²) < 4.78 is 0. The Morgan fingerprint density at radius 2 is 2.21 bits per heavy atom. The van der Waals surface area contributed by atoms with Gasteiger partial charge in [-0.1, -0.05) is 13.8 Å². The average Bonchev–Trinajstić information content (AvgIpc) is 3.09. The van der Waals surface area contributed by atoms with Crippen LogP contribution in [-0.4, -0.2) is 40.1 Å². The quantitative estimate of drug-likeness (QED) is 0.870. The number of carbonyl (C=O) groups is 1. The molecular formula is C14H22N2O2S. The number of thiazole rings is 1. The van der Waals surface area contributed by atoms with E-state index < -0.39 is 0 Å². The maximum atomic E-state index is 12.5. The first-order valence-corrected chi connectivity index (χ1v) is 7.72. The number of hydrogen-bond donors (Lipinski definition) is 1. The second kappa shape index (κ2) is 6.01. The number of aryl methyl sites for hydroxylation is 1. The van der Waals surface area contributed by atoms with Crippen molar-refractivity contribution in [3.8, 4) is 0 Å². The number of rotatable bonds is 6. The summed E-state index contributed by atoms with van der Waals surface area (Å²) in [5.41, 5.74) is 0.828. The molecule has 106 valence electrons. The SMILES string of the molecule is Cc1nc(CC(C)C)sc1C(=O)N(CCO)C1CC1. The van der Waals surface area contributed by atoms with Crippen LogP contribution in [0, 0.1) is 12.8 Å². The molecule has 1 aromatic heterocycles. The monoisotopic (exact) mass is 282 g/mol. The first kappa shape index (κ1) is 14.5. The van der Waals surface area contributed by atoms with Crippen LogP contribution < -0.4 is 0 Å². The van der Waals surface area contributed by atoms with Gasteiger partial charge in [-0.3, -0.25) is 4.79 Å². The van der Waals surface area contributed by atoms with Gasteiger partial charge in [-0.25, -0.2) is 4.98 Å².